The third-order valence-electron chi connectivity index (χ3n) is 2.65. The number of rotatable bonds is 5. The van der Waals surface area contributed by atoms with Gasteiger partial charge < -0.3 is 19.9 Å². The number of carbonyl (C=O) groups is 2. The van der Waals surface area contributed by atoms with Gasteiger partial charge in [-0.3, -0.25) is 4.79 Å². The molecule has 7 heteroatoms. The number of carbonyl (C=O) groups excluding carboxylic acids is 1. The summed E-state index contributed by atoms with van der Waals surface area (Å²) in [5, 5.41) is 11.3. The standard InChI is InChI=1S/C15H20FNO5/c1-15(2,3)22-14(20)17-12(8-13(18)19)10-6-5-9(21-4)7-11(10)16/h5-7,12H,8H2,1-4H3,(H,17,20)(H,18,19)/t12-/m0/s1. The number of carboxylic acids is 1. The Morgan fingerprint density at radius 1 is 1.36 bits per heavy atom. The van der Waals surface area contributed by atoms with E-state index in [-0.39, 0.29) is 5.56 Å². The van der Waals surface area contributed by atoms with Crippen LogP contribution < -0.4 is 10.1 Å². The second-order valence-corrected chi connectivity index (χ2v) is 5.68. The second-order valence-electron chi connectivity index (χ2n) is 5.68. The van der Waals surface area contributed by atoms with Gasteiger partial charge in [0.2, 0.25) is 0 Å². The SMILES string of the molecule is COc1ccc([C@H](CC(=O)O)NC(=O)OC(C)(C)C)c(F)c1. The Bertz CT molecular complexity index is 553. The molecule has 1 amide bonds. The molecular formula is C15H20FNO5. The van der Waals surface area contributed by atoms with Gasteiger partial charge in [-0.15, -0.1) is 0 Å². The summed E-state index contributed by atoms with van der Waals surface area (Å²) < 4.78 is 24.0. The Balaban J connectivity index is 2.98. The molecule has 0 aliphatic carbocycles. The maximum Gasteiger partial charge on any atom is 0.408 e. The summed E-state index contributed by atoms with van der Waals surface area (Å²) in [6, 6.07) is 2.95. The smallest absolute Gasteiger partial charge is 0.408 e. The maximum absolute atomic E-state index is 14.1. The van der Waals surface area contributed by atoms with Gasteiger partial charge in [0, 0.05) is 11.6 Å². The van der Waals surface area contributed by atoms with Crippen molar-refractivity contribution in [3.05, 3.63) is 29.6 Å². The fourth-order valence-electron chi connectivity index (χ4n) is 1.78. The van der Waals surface area contributed by atoms with Crippen molar-refractivity contribution in [1.29, 1.82) is 0 Å². The summed E-state index contributed by atoms with van der Waals surface area (Å²) in [6.07, 6.45) is -1.28. The quantitative estimate of drug-likeness (QED) is 0.873. The fraction of sp³-hybridized carbons (Fsp3) is 0.467. The van der Waals surface area contributed by atoms with E-state index in [1.165, 1.54) is 19.2 Å². The summed E-state index contributed by atoms with van der Waals surface area (Å²) >= 11 is 0. The minimum Gasteiger partial charge on any atom is -0.497 e. The third kappa shape index (κ3) is 5.59. The molecule has 1 aromatic carbocycles. The van der Waals surface area contributed by atoms with E-state index in [0.717, 1.165) is 6.07 Å². The van der Waals surface area contributed by atoms with Crippen molar-refractivity contribution in [3.63, 3.8) is 0 Å². The number of methoxy groups -OCH3 is 1. The lowest BCUT2D eigenvalue weighted by Crippen LogP contribution is -2.36. The third-order valence-corrected chi connectivity index (χ3v) is 2.65. The predicted molar refractivity (Wildman–Crippen MR) is 77.3 cm³/mol. The highest BCUT2D eigenvalue weighted by Crippen LogP contribution is 2.24. The van der Waals surface area contributed by atoms with Crippen molar-refractivity contribution in [2.75, 3.05) is 7.11 Å². The van der Waals surface area contributed by atoms with Gasteiger partial charge in [0.05, 0.1) is 19.6 Å². The first kappa shape index (κ1) is 17.7. The highest BCUT2D eigenvalue weighted by Gasteiger charge is 2.24. The summed E-state index contributed by atoms with van der Waals surface area (Å²) in [6.45, 7) is 5.02. The summed E-state index contributed by atoms with van der Waals surface area (Å²) in [7, 11) is 1.39. The van der Waals surface area contributed by atoms with Crippen molar-refractivity contribution in [3.8, 4) is 5.75 Å². The van der Waals surface area contributed by atoms with Crippen molar-refractivity contribution < 1.29 is 28.6 Å². The van der Waals surface area contributed by atoms with Crippen molar-refractivity contribution in [2.24, 2.45) is 0 Å². The van der Waals surface area contributed by atoms with E-state index in [0.29, 0.717) is 5.75 Å². The zero-order valence-electron chi connectivity index (χ0n) is 13.0. The van der Waals surface area contributed by atoms with Crippen LogP contribution in [0.1, 0.15) is 38.8 Å². The molecule has 1 aromatic rings. The molecule has 0 saturated carbocycles. The van der Waals surface area contributed by atoms with E-state index in [4.69, 9.17) is 14.6 Å². The van der Waals surface area contributed by atoms with Crippen molar-refractivity contribution >= 4 is 12.1 Å². The lowest BCUT2D eigenvalue weighted by atomic mass is 10.0. The normalized spacial score (nSPS) is 12.4. The zero-order chi connectivity index (χ0) is 16.9. The number of nitrogens with one attached hydrogen (secondary N) is 1. The largest absolute Gasteiger partial charge is 0.497 e. The van der Waals surface area contributed by atoms with Gasteiger partial charge in [0.1, 0.15) is 17.2 Å². The van der Waals surface area contributed by atoms with E-state index in [1.807, 2.05) is 0 Å². The first-order valence-electron chi connectivity index (χ1n) is 6.67. The minimum atomic E-state index is -1.17. The summed E-state index contributed by atoms with van der Waals surface area (Å²) in [5.41, 5.74) is -0.690. The lowest BCUT2D eigenvalue weighted by Gasteiger charge is -2.23. The van der Waals surface area contributed by atoms with E-state index < -0.39 is 35.9 Å². The number of hydrogen-bond donors (Lipinski definition) is 2. The number of amides is 1. The van der Waals surface area contributed by atoms with Crippen LogP contribution in [-0.4, -0.2) is 29.9 Å². The molecular weight excluding hydrogens is 293 g/mol. The first-order valence-corrected chi connectivity index (χ1v) is 6.67. The van der Waals surface area contributed by atoms with E-state index in [9.17, 15) is 14.0 Å². The summed E-state index contributed by atoms with van der Waals surface area (Å²) in [4.78, 5) is 22.7. The number of halogens is 1. The van der Waals surface area contributed by atoms with Gasteiger partial charge in [-0.2, -0.15) is 0 Å². The molecule has 6 nitrogen and oxygen atoms in total. The number of ether oxygens (including phenoxy) is 2. The van der Waals surface area contributed by atoms with Crippen molar-refractivity contribution in [1.82, 2.24) is 5.32 Å². The van der Waals surface area contributed by atoms with Gasteiger partial charge in [0.25, 0.3) is 0 Å². The fourth-order valence-corrected chi connectivity index (χ4v) is 1.78. The second kappa shape index (κ2) is 7.11. The van der Waals surface area contributed by atoms with Crippen LogP contribution in [0, 0.1) is 5.82 Å². The van der Waals surface area contributed by atoms with Crippen LogP contribution in [0.3, 0.4) is 0 Å². The summed E-state index contributed by atoms with van der Waals surface area (Å²) in [5.74, 6) is -1.54. The molecule has 22 heavy (non-hydrogen) atoms. The molecule has 0 radical (unpaired) electrons. The Morgan fingerprint density at radius 2 is 2.00 bits per heavy atom. The van der Waals surface area contributed by atoms with Crippen LogP contribution in [0.5, 0.6) is 5.75 Å². The van der Waals surface area contributed by atoms with Crippen LogP contribution in [0.2, 0.25) is 0 Å². The van der Waals surface area contributed by atoms with E-state index in [2.05, 4.69) is 5.32 Å². The molecule has 2 N–H and O–H groups in total. The average Bonchev–Trinajstić information content (AvgIpc) is 2.34. The first-order chi connectivity index (χ1) is 10.1. The Morgan fingerprint density at radius 3 is 2.45 bits per heavy atom. The molecule has 0 bridgehead atoms. The zero-order valence-corrected chi connectivity index (χ0v) is 13.0. The van der Waals surface area contributed by atoms with E-state index >= 15 is 0 Å². The van der Waals surface area contributed by atoms with Crippen LogP contribution in [0.25, 0.3) is 0 Å². The van der Waals surface area contributed by atoms with Crippen LogP contribution >= 0.6 is 0 Å². The molecule has 0 spiro atoms. The number of aliphatic carboxylic acids is 1. The monoisotopic (exact) mass is 313 g/mol. The number of alkyl carbamates (subject to hydrolysis) is 1. The highest BCUT2D eigenvalue weighted by atomic mass is 19.1. The van der Waals surface area contributed by atoms with Gasteiger partial charge in [-0.1, -0.05) is 6.07 Å². The Hall–Kier alpha value is -2.31. The Kier molecular flexibility index (Phi) is 5.73. The van der Waals surface area contributed by atoms with Gasteiger partial charge in [0.15, 0.2) is 0 Å². The van der Waals surface area contributed by atoms with Crippen LogP contribution in [0.15, 0.2) is 18.2 Å². The van der Waals surface area contributed by atoms with Crippen LogP contribution in [0.4, 0.5) is 9.18 Å². The topological polar surface area (TPSA) is 84.9 Å². The molecule has 0 fully saturated rings. The molecule has 0 aliphatic heterocycles. The van der Waals surface area contributed by atoms with Gasteiger partial charge in [-0.05, 0) is 26.8 Å². The minimum absolute atomic E-state index is 0.0501. The maximum atomic E-state index is 14.1. The molecule has 1 rings (SSSR count). The molecule has 1 atom stereocenters. The van der Waals surface area contributed by atoms with Gasteiger partial charge >= 0.3 is 12.1 Å². The molecule has 0 saturated heterocycles. The lowest BCUT2D eigenvalue weighted by molar-refractivity contribution is -0.137. The molecule has 0 unspecified atom stereocenters. The van der Waals surface area contributed by atoms with Gasteiger partial charge in [-0.25, -0.2) is 9.18 Å². The average molecular weight is 313 g/mol. The molecule has 0 aliphatic rings. The highest BCUT2D eigenvalue weighted by molar-refractivity contribution is 5.72. The predicted octanol–water partition coefficient (Wildman–Crippen LogP) is 2.87. The number of benzene rings is 1. The van der Waals surface area contributed by atoms with E-state index in [1.54, 1.807) is 20.8 Å². The number of hydrogen-bond acceptors (Lipinski definition) is 4. The number of carboxylic acid groups (broad SMARTS) is 1. The molecule has 0 aromatic heterocycles. The molecule has 0 heterocycles. The van der Waals surface area contributed by atoms with Crippen LogP contribution in [-0.2, 0) is 9.53 Å². The molecule has 122 valence electrons. The Labute approximate surface area is 128 Å². The van der Waals surface area contributed by atoms with Crippen molar-refractivity contribution in [2.45, 2.75) is 38.8 Å².